The Morgan fingerprint density at radius 1 is 1.00 bits per heavy atom. The fourth-order valence-electron chi connectivity index (χ4n) is 3.18. The van der Waals surface area contributed by atoms with E-state index < -0.39 is 23.3 Å². The number of rotatable bonds is 7. The smallest absolute Gasteiger partial charge is 0.330 e. The minimum atomic E-state index is -1.11. The summed E-state index contributed by atoms with van der Waals surface area (Å²) in [5, 5.41) is 5.44. The summed E-state index contributed by atoms with van der Waals surface area (Å²) in [4.78, 5) is 33.4. The highest BCUT2D eigenvalue weighted by Crippen LogP contribution is 2.49. The fourth-order valence-corrected chi connectivity index (χ4v) is 4.33. The summed E-state index contributed by atoms with van der Waals surface area (Å²) < 4.78 is 39.8. The first-order chi connectivity index (χ1) is 16.4. The molecule has 0 fully saturated rings. The van der Waals surface area contributed by atoms with Gasteiger partial charge in [-0.3, -0.25) is 0 Å². The molecule has 0 aliphatic carbocycles. The van der Waals surface area contributed by atoms with E-state index in [2.05, 4.69) is 15.1 Å². The number of thiophene rings is 1. The maximum Gasteiger partial charge on any atom is 0.330 e. The Kier molecular flexibility index (Phi) is 6.51. The number of nitrogens with zero attached hydrogens (tertiary/aromatic N) is 2. The molecule has 0 saturated carbocycles. The molecule has 7 nitrogen and oxygen atoms in total. The van der Waals surface area contributed by atoms with Crippen LogP contribution in [0.15, 0.2) is 71.0 Å². The van der Waals surface area contributed by atoms with Gasteiger partial charge < -0.3 is 9.47 Å². The van der Waals surface area contributed by atoms with Crippen molar-refractivity contribution in [3.05, 3.63) is 87.7 Å². The zero-order valence-corrected chi connectivity index (χ0v) is 18.3. The van der Waals surface area contributed by atoms with Gasteiger partial charge in [0.1, 0.15) is 11.4 Å². The molecule has 0 unspecified atom stereocenters. The van der Waals surface area contributed by atoms with Crippen molar-refractivity contribution in [1.82, 2.24) is 0 Å². The van der Waals surface area contributed by atoms with E-state index in [0.29, 0.717) is 21.8 Å². The van der Waals surface area contributed by atoms with Crippen LogP contribution in [0.3, 0.4) is 0 Å². The van der Waals surface area contributed by atoms with Gasteiger partial charge in [0.2, 0.25) is 0 Å². The molecule has 34 heavy (non-hydrogen) atoms. The van der Waals surface area contributed by atoms with E-state index in [-0.39, 0.29) is 21.5 Å². The number of carbonyl (C=O) groups is 1. The van der Waals surface area contributed by atoms with Crippen LogP contribution in [0.4, 0.5) is 20.2 Å². The summed E-state index contributed by atoms with van der Waals surface area (Å²) in [6.45, 7) is 0. The Morgan fingerprint density at radius 2 is 1.71 bits per heavy atom. The molecule has 0 radical (unpaired) electrons. The normalized spacial score (nSPS) is 11.0. The van der Waals surface area contributed by atoms with Crippen molar-refractivity contribution in [1.29, 1.82) is 0 Å². The molecular formula is C24H14F2N2O5S. The van der Waals surface area contributed by atoms with Gasteiger partial charge >= 0.3 is 5.97 Å². The lowest BCUT2D eigenvalue weighted by atomic mass is 10.1. The molecule has 0 atom stereocenters. The molecule has 0 aliphatic heterocycles. The molecule has 4 rings (SSSR count). The molecule has 0 saturated heterocycles. The minimum absolute atomic E-state index is 0.00350. The first-order valence-electron chi connectivity index (χ1n) is 9.70. The van der Waals surface area contributed by atoms with Gasteiger partial charge in [0, 0.05) is 11.5 Å². The predicted octanol–water partition coefficient (Wildman–Crippen LogP) is 7.62. The number of nitroso groups, excluding NO2 is 2. The number of hydrogen-bond donors (Lipinski definition) is 0. The number of halogens is 2. The molecule has 1 heterocycles. The summed E-state index contributed by atoms with van der Waals surface area (Å²) in [5.41, 5.74) is 0.562. The average Bonchev–Trinajstić information content (AvgIpc) is 3.21. The lowest BCUT2D eigenvalue weighted by molar-refractivity contribution is -0.134. The number of benzene rings is 3. The fraction of sp³-hybridized carbons (Fsp3) is 0.0417. The highest BCUT2D eigenvalue weighted by molar-refractivity contribution is 7.22. The van der Waals surface area contributed by atoms with E-state index >= 15 is 0 Å². The van der Waals surface area contributed by atoms with Gasteiger partial charge in [-0.2, -0.15) is 0 Å². The molecule has 3 aromatic carbocycles. The standard InChI is InChI=1S/C24H14F2N2O5S/c1-32-19(29)11-4-13-2-9-16(10-3-13)33-22-17-12-18(25)21(28-31)20(26)24(17)34-23(22)14-5-7-15(27-30)8-6-14/h2-12H,1H3/b11-4+. The first-order valence-corrected chi connectivity index (χ1v) is 10.5. The third-order valence-corrected chi connectivity index (χ3v) is 6.07. The van der Waals surface area contributed by atoms with Crippen LogP contribution in [0.25, 0.3) is 26.6 Å². The third-order valence-electron chi connectivity index (χ3n) is 4.84. The second-order valence-electron chi connectivity index (χ2n) is 6.92. The Balaban J connectivity index is 1.81. The van der Waals surface area contributed by atoms with Crippen molar-refractivity contribution < 1.29 is 23.0 Å². The van der Waals surface area contributed by atoms with Gasteiger partial charge in [0.25, 0.3) is 0 Å². The summed E-state index contributed by atoms with van der Waals surface area (Å²) in [6.07, 6.45) is 2.82. The van der Waals surface area contributed by atoms with Gasteiger partial charge in [-0.15, -0.1) is 21.2 Å². The second kappa shape index (κ2) is 9.67. The highest BCUT2D eigenvalue weighted by atomic mass is 32.1. The number of hydrogen-bond acceptors (Lipinski definition) is 8. The number of methoxy groups -OCH3 is 1. The van der Waals surface area contributed by atoms with Crippen LogP contribution < -0.4 is 4.74 Å². The van der Waals surface area contributed by atoms with Gasteiger partial charge in [0.05, 0.1) is 16.7 Å². The van der Waals surface area contributed by atoms with Crippen LogP contribution >= 0.6 is 11.3 Å². The third kappa shape index (κ3) is 4.44. The van der Waals surface area contributed by atoms with Gasteiger partial charge in [0.15, 0.2) is 23.1 Å². The van der Waals surface area contributed by atoms with Crippen molar-refractivity contribution >= 4 is 44.8 Å². The topological polar surface area (TPSA) is 94.4 Å². The predicted molar refractivity (Wildman–Crippen MR) is 126 cm³/mol. The van der Waals surface area contributed by atoms with Crippen molar-refractivity contribution in [3.63, 3.8) is 0 Å². The number of esters is 1. The average molecular weight is 480 g/mol. The lowest BCUT2D eigenvalue weighted by Crippen LogP contribution is -1.93. The SMILES string of the molecule is COC(=O)/C=C/c1ccc(Oc2c(-c3ccc(N=O)cc3)sc3c(F)c(N=O)c(F)cc23)cc1. The maximum atomic E-state index is 14.8. The van der Waals surface area contributed by atoms with Crippen LogP contribution in [0.1, 0.15) is 5.56 Å². The summed E-state index contributed by atoms with van der Waals surface area (Å²) in [7, 11) is 1.27. The van der Waals surface area contributed by atoms with Gasteiger partial charge in [-0.05, 0) is 57.9 Å². The summed E-state index contributed by atoms with van der Waals surface area (Å²) in [5.74, 6) is -2.17. The van der Waals surface area contributed by atoms with E-state index in [4.69, 9.17) is 4.74 Å². The van der Waals surface area contributed by atoms with Crippen molar-refractivity contribution in [2.45, 2.75) is 0 Å². The van der Waals surface area contributed by atoms with E-state index in [0.717, 1.165) is 17.4 Å². The quantitative estimate of drug-likeness (QED) is 0.154. The monoisotopic (exact) mass is 480 g/mol. The van der Waals surface area contributed by atoms with Crippen LogP contribution in [-0.2, 0) is 9.53 Å². The Labute approximate surface area is 195 Å². The lowest BCUT2D eigenvalue weighted by Gasteiger charge is -2.09. The van der Waals surface area contributed by atoms with Crippen LogP contribution in [0.2, 0.25) is 0 Å². The Hall–Kier alpha value is -4.31. The zero-order chi connectivity index (χ0) is 24.2. The molecule has 4 aromatic rings. The van der Waals surface area contributed by atoms with Crippen molar-refractivity contribution in [2.24, 2.45) is 10.4 Å². The van der Waals surface area contributed by atoms with Crippen LogP contribution in [0.5, 0.6) is 11.5 Å². The van der Waals surface area contributed by atoms with Crippen molar-refractivity contribution in [2.75, 3.05) is 7.11 Å². The minimum Gasteiger partial charge on any atom is -0.466 e. The van der Waals surface area contributed by atoms with Gasteiger partial charge in [-0.1, -0.05) is 24.3 Å². The summed E-state index contributed by atoms with van der Waals surface area (Å²) >= 11 is 0.955. The largest absolute Gasteiger partial charge is 0.466 e. The van der Waals surface area contributed by atoms with Crippen molar-refractivity contribution in [3.8, 4) is 21.9 Å². The van der Waals surface area contributed by atoms with Gasteiger partial charge in [-0.25, -0.2) is 13.6 Å². The first kappa shape index (κ1) is 22.9. The van der Waals surface area contributed by atoms with E-state index in [1.54, 1.807) is 42.5 Å². The molecule has 0 aliphatic rings. The molecular weight excluding hydrogens is 466 g/mol. The molecule has 0 amide bonds. The Morgan fingerprint density at radius 3 is 2.32 bits per heavy atom. The molecule has 0 bridgehead atoms. The van der Waals surface area contributed by atoms with E-state index in [1.165, 1.54) is 25.3 Å². The number of carbonyl (C=O) groups excluding carboxylic acids is 1. The van der Waals surface area contributed by atoms with E-state index in [9.17, 15) is 23.4 Å². The Bertz CT molecular complexity index is 1430. The number of ether oxygens (including phenoxy) is 2. The van der Waals surface area contributed by atoms with Crippen LogP contribution in [-0.4, -0.2) is 13.1 Å². The molecule has 10 heteroatoms. The van der Waals surface area contributed by atoms with Crippen LogP contribution in [0, 0.1) is 21.4 Å². The maximum absolute atomic E-state index is 14.8. The molecule has 0 spiro atoms. The summed E-state index contributed by atoms with van der Waals surface area (Å²) in [6, 6.07) is 13.8. The number of fused-ring (bicyclic) bond motifs is 1. The van der Waals surface area contributed by atoms with E-state index in [1.807, 2.05) is 0 Å². The second-order valence-corrected chi connectivity index (χ2v) is 7.94. The zero-order valence-electron chi connectivity index (χ0n) is 17.5. The molecule has 1 aromatic heterocycles. The molecule has 0 N–H and O–H groups in total. The molecule has 170 valence electrons. The highest BCUT2D eigenvalue weighted by Gasteiger charge is 2.24.